The van der Waals surface area contributed by atoms with E-state index in [2.05, 4.69) is 39.8 Å². The van der Waals surface area contributed by atoms with Gasteiger partial charge >= 0.3 is 0 Å². The van der Waals surface area contributed by atoms with Gasteiger partial charge in [-0.2, -0.15) is 0 Å². The first kappa shape index (κ1) is 12.5. The SMILES string of the molecule is CCCC(C)C1=CCC(C(C)CCC)=C1. The monoisotopic (exact) mass is 206 g/mol. The first-order chi connectivity index (χ1) is 7.19. The summed E-state index contributed by atoms with van der Waals surface area (Å²) in [6, 6.07) is 0. The molecule has 0 heterocycles. The van der Waals surface area contributed by atoms with Gasteiger partial charge < -0.3 is 0 Å². The Balaban J connectivity index is 2.51. The fourth-order valence-electron chi connectivity index (χ4n) is 2.47. The highest BCUT2D eigenvalue weighted by Gasteiger charge is 2.15. The van der Waals surface area contributed by atoms with Gasteiger partial charge in [-0.05, 0) is 36.7 Å². The third-order valence-electron chi connectivity index (χ3n) is 3.57. The molecule has 0 amide bonds. The standard InChI is InChI=1S/C15H26/c1-5-7-12(3)14-9-10-15(11-14)13(4)8-6-2/h9,11-13H,5-8,10H2,1-4H3. The highest BCUT2D eigenvalue weighted by Crippen LogP contribution is 2.31. The molecule has 2 unspecified atom stereocenters. The molecule has 0 aromatic heterocycles. The molecular weight excluding hydrogens is 180 g/mol. The van der Waals surface area contributed by atoms with Crippen LogP contribution in [-0.2, 0) is 0 Å². The average Bonchev–Trinajstić information content (AvgIpc) is 2.67. The zero-order valence-corrected chi connectivity index (χ0v) is 10.8. The van der Waals surface area contributed by atoms with Crippen molar-refractivity contribution in [1.29, 1.82) is 0 Å². The summed E-state index contributed by atoms with van der Waals surface area (Å²) in [5, 5.41) is 0. The number of rotatable bonds is 6. The molecule has 86 valence electrons. The number of allylic oxidation sites excluding steroid dienone is 4. The Hall–Kier alpha value is -0.520. The summed E-state index contributed by atoms with van der Waals surface area (Å²) in [6.07, 6.45) is 11.4. The van der Waals surface area contributed by atoms with Crippen LogP contribution in [0, 0.1) is 11.8 Å². The zero-order valence-electron chi connectivity index (χ0n) is 10.8. The molecule has 0 N–H and O–H groups in total. The Labute approximate surface area is 95.5 Å². The largest absolute Gasteiger partial charge is 0.0770 e. The average molecular weight is 206 g/mol. The summed E-state index contributed by atoms with van der Waals surface area (Å²) in [5.74, 6) is 1.55. The Morgan fingerprint density at radius 3 is 2.27 bits per heavy atom. The third kappa shape index (κ3) is 3.52. The van der Waals surface area contributed by atoms with Crippen molar-refractivity contribution in [1.82, 2.24) is 0 Å². The second-order valence-electron chi connectivity index (χ2n) is 5.01. The van der Waals surface area contributed by atoms with Crippen molar-refractivity contribution in [3.8, 4) is 0 Å². The maximum absolute atomic E-state index is 2.47. The maximum Gasteiger partial charge on any atom is -0.0127 e. The van der Waals surface area contributed by atoms with Crippen LogP contribution in [0.25, 0.3) is 0 Å². The maximum atomic E-state index is 2.47. The molecule has 0 aromatic rings. The summed E-state index contributed by atoms with van der Waals surface area (Å²) in [7, 11) is 0. The molecule has 1 rings (SSSR count). The quantitative estimate of drug-likeness (QED) is 0.566. The van der Waals surface area contributed by atoms with Gasteiger partial charge in [-0.15, -0.1) is 0 Å². The van der Waals surface area contributed by atoms with Gasteiger partial charge in [-0.25, -0.2) is 0 Å². The van der Waals surface area contributed by atoms with Crippen molar-refractivity contribution >= 4 is 0 Å². The van der Waals surface area contributed by atoms with Crippen LogP contribution in [-0.4, -0.2) is 0 Å². The first-order valence-corrected chi connectivity index (χ1v) is 6.59. The lowest BCUT2D eigenvalue weighted by Gasteiger charge is -2.12. The summed E-state index contributed by atoms with van der Waals surface area (Å²) in [4.78, 5) is 0. The van der Waals surface area contributed by atoms with Crippen molar-refractivity contribution in [2.75, 3.05) is 0 Å². The van der Waals surface area contributed by atoms with E-state index in [4.69, 9.17) is 0 Å². The van der Waals surface area contributed by atoms with Crippen LogP contribution in [0.5, 0.6) is 0 Å². The Morgan fingerprint density at radius 2 is 1.67 bits per heavy atom. The van der Waals surface area contributed by atoms with Crippen molar-refractivity contribution in [3.63, 3.8) is 0 Å². The van der Waals surface area contributed by atoms with Crippen LogP contribution in [0.2, 0.25) is 0 Å². The van der Waals surface area contributed by atoms with Crippen LogP contribution in [0.15, 0.2) is 23.3 Å². The molecular formula is C15H26. The summed E-state index contributed by atoms with van der Waals surface area (Å²) in [5.41, 5.74) is 3.25. The van der Waals surface area contributed by atoms with E-state index in [1.807, 2.05) is 0 Å². The summed E-state index contributed by atoms with van der Waals surface area (Å²) < 4.78 is 0. The van der Waals surface area contributed by atoms with Crippen LogP contribution in [0.3, 0.4) is 0 Å². The molecule has 1 aliphatic rings. The van der Waals surface area contributed by atoms with Gasteiger partial charge in [0.15, 0.2) is 0 Å². The predicted molar refractivity (Wildman–Crippen MR) is 68.9 cm³/mol. The molecule has 0 saturated carbocycles. The Kier molecular flexibility index (Phi) is 5.14. The lowest BCUT2D eigenvalue weighted by atomic mass is 9.94. The molecule has 0 heteroatoms. The van der Waals surface area contributed by atoms with Gasteiger partial charge in [0.1, 0.15) is 0 Å². The number of hydrogen-bond donors (Lipinski definition) is 0. The predicted octanol–water partition coefficient (Wildman–Crippen LogP) is 5.12. The summed E-state index contributed by atoms with van der Waals surface area (Å²) in [6.45, 7) is 9.28. The van der Waals surface area contributed by atoms with Gasteiger partial charge in [0, 0.05) is 0 Å². The van der Waals surface area contributed by atoms with Gasteiger partial charge in [0.2, 0.25) is 0 Å². The van der Waals surface area contributed by atoms with Crippen molar-refractivity contribution in [3.05, 3.63) is 23.3 Å². The van der Waals surface area contributed by atoms with Gasteiger partial charge in [0.05, 0.1) is 0 Å². The second kappa shape index (κ2) is 6.15. The van der Waals surface area contributed by atoms with E-state index in [-0.39, 0.29) is 0 Å². The minimum Gasteiger partial charge on any atom is -0.0770 e. The van der Waals surface area contributed by atoms with E-state index in [0.29, 0.717) is 0 Å². The van der Waals surface area contributed by atoms with E-state index in [0.717, 1.165) is 11.8 Å². The van der Waals surface area contributed by atoms with Crippen LogP contribution >= 0.6 is 0 Å². The highest BCUT2D eigenvalue weighted by molar-refractivity contribution is 5.35. The zero-order chi connectivity index (χ0) is 11.3. The molecule has 0 aliphatic heterocycles. The molecule has 1 aliphatic carbocycles. The lowest BCUT2D eigenvalue weighted by Crippen LogP contribution is -1.97. The third-order valence-corrected chi connectivity index (χ3v) is 3.57. The minimum atomic E-state index is 0.765. The fraction of sp³-hybridized carbons (Fsp3) is 0.733. The molecule has 0 radical (unpaired) electrons. The smallest absolute Gasteiger partial charge is 0.0127 e. The summed E-state index contributed by atoms with van der Waals surface area (Å²) >= 11 is 0. The molecule has 0 saturated heterocycles. The molecule has 0 nitrogen and oxygen atoms in total. The normalized spacial score (nSPS) is 19.7. The molecule has 15 heavy (non-hydrogen) atoms. The van der Waals surface area contributed by atoms with Crippen molar-refractivity contribution in [2.24, 2.45) is 11.8 Å². The molecule has 0 fully saturated rings. The van der Waals surface area contributed by atoms with E-state index in [9.17, 15) is 0 Å². The van der Waals surface area contributed by atoms with Crippen molar-refractivity contribution in [2.45, 2.75) is 59.8 Å². The first-order valence-electron chi connectivity index (χ1n) is 6.59. The van der Waals surface area contributed by atoms with Crippen LogP contribution in [0.1, 0.15) is 59.8 Å². The Morgan fingerprint density at radius 1 is 1.07 bits per heavy atom. The molecule has 0 aromatic carbocycles. The van der Waals surface area contributed by atoms with E-state index in [1.165, 1.54) is 32.1 Å². The molecule has 0 spiro atoms. The minimum absolute atomic E-state index is 0.765. The lowest BCUT2D eigenvalue weighted by molar-refractivity contribution is 0.592. The van der Waals surface area contributed by atoms with Crippen LogP contribution in [0.4, 0.5) is 0 Å². The highest BCUT2D eigenvalue weighted by atomic mass is 14.2. The van der Waals surface area contributed by atoms with E-state index < -0.39 is 0 Å². The van der Waals surface area contributed by atoms with Gasteiger partial charge in [0.25, 0.3) is 0 Å². The Bertz CT molecular complexity index is 245. The van der Waals surface area contributed by atoms with E-state index >= 15 is 0 Å². The topological polar surface area (TPSA) is 0 Å². The number of hydrogen-bond acceptors (Lipinski definition) is 0. The molecule has 0 bridgehead atoms. The molecule has 2 atom stereocenters. The van der Waals surface area contributed by atoms with Gasteiger partial charge in [-0.1, -0.05) is 58.3 Å². The fourth-order valence-corrected chi connectivity index (χ4v) is 2.47. The van der Waals surface area contributed by atoms with Gasteiger partial charge in [-0.3, -0.25) is 0 Å². The van der Waals surface area contributed by atoms with Crippen LogP contribution < -0.4 is 0 Å². The van der Waals surface area contributed by atoms with E-state index in [1.54, 1.807) is 11.1 Å². The second-order valence-corrected chi connectivity index (χ2v) is 5.01. The van der Waals surface area contributed by atoms with Crippen molar-refractivity contribution < 1.29 is 0 Å².